The molecule has 1 aromatic carbocycles. The number of rotatable bonds is 4. The van der Waals surface area contributed by atoms with Gasteiger partial charge in [-0.2, -0.15) is 0 Å². The van der Waals surface area contributed by atoms with Crippen molar-refractivity contribution in [3.8, 4) is 0 Å². The lowest BCUT2D eigenvalue weighted by molar-refractivity contribution is -0.117. The van der Waals surface area contributed by atoms with E-state index in [2.05, 4.69) is 10.3 Å². The summed E-state index contributed by atoms with van der Waals surface area (Å²) >= 11 is 0. The highest BCUT2D eigenvalue weighted by atomic mass is 16.5. The lowest BCUT2D eigenvalue weighted by atomic mass is 10.1. The molecule has 1 saturated carbocycles. The van der Waals surface area contributed by atoms with Gasteiger partial charge >= 0.3 is 5.97 Å². The molecule has 0 bridgehead atoms. The average molecular weight is 349 g/mol. The van der Waals surface area contributed by atoms with Gasteiger partial charge in [0.2, 0.25) is 5.91 Å². The van der Waals surface area contributed by atoms with E-state index in [-0.39, 0.29) is 17.7 Å². The van der Waals surface area contributed by atoms with E-state index in [1.54, 1.807) is 24.0 Å². The summed E-state index contributed by atoms with van der Waals surface area (Å²) in [6.45, 7) is 0. The second kappa shape index (κ2) is 6.29. The Morgan fingerprint density at radius 1 is 1.23 bits per heavy atom. The van der Waals surface area contributed by atoms with Crippen LogP contribution in [0.3, 0.4) is 0 Å². The number of amides is 1. The molecular weight excluding hydrogens is 330 g/mol. The Morgan fingerprint density at radius 2 is 2.04 bits per heavy atom. The van der Waals surface area contributed by atoms with Crippen LogP contribution in [0.15, 0.2) is 48.8 Å². The molecule has 0 spiro atoms. The van der Waals surface area contributed by atoms with Crippen LogP contribution in [0.25, 0.3) is 10.9 Å². The van der Waals surface area contributed by atoms with Crippen molar-refractivity contribution < 1.29 is 14.3 Å². The van der Waals surface area contributed by atoms with E-state index in [1.807, 2.05) is 36.4 Å². The van der Waals surface area contributed by atoms with E-state index in [1.165, 1.54) is 7.11 Å². The zero-order chi connectivity index (χ0) is 18.3. The predicted molar refractivity (Wildman–Crippen MR) is 98.0 cm³/mol. The molecule has 1 fully saturated rings. The maximum atomic E-state index is 12.8. The number of hydrogen-bond acceptors (Lipinski definition) is 4. The van der Waals surface area contributed by atoms with Gasteiger partial charge in [0.25, 0.3) is 0 Å². The third-order valence-corrected chi connectivity index (χ3v) is 4.97. The number of carbonyl (C=O) groups excluding carboxylic acids is 2. The maximum Gasteiger partial charge on any atom is 0.356 e. The van der Waals surface area contributed by atoms with Crippen molar-refractivity contribution in [3.05, 3.63) is 60.0 Å². The minimum Gasteiger partial charge on any atom is -0.464 e. The van der Waals surface area contributed by atoms with Gasteiger partial charge in [0.05, 0.1) is 18.3 Å². The first-order valence-electron chi connectivity index (χ1n) is 8.48. The number of aromatic nitrogens is 2. The summed E-state index contributed by atoms with van der Waals surface area (Å²) in [6.07, 6.45) is 4.31. The van der Waals surface area contributed by atoms with E-state index in [9.17, 15) is 9.59 Å². The van der Waals surface area contributed by atoms with E-state index in [4.69, 9.17) is 4.74 Å². The molecule has 26 heavy (non-hydrogen) atoms. The van der Waals surface area contributed by atoms with Crippen molar-refractivity contribution in [3.63, 3.8) is 0 Å². The molecule has 0 aliphatic heterocycles. The fourth-order valence-electron chi connectivity index (χ4n) is 3.52. The molecule has 0 radical (unpaired) electrons. The number of ether oxygens (including phenoxy) is 1. The van der Waals surface area contributed by atoms with Crippen molar-refractivity contribution >= 4 is 28.5 Å². The number of benzene rings is 1. The van der Waals surface area contributed by atoms with Crippen molar-refractivity contribution in [1.29, 1.82) is 0 Å². The number of methoxy groups -OCH3 is 1. The Bertz CT molecular complexity index is 994. The largest absolute Gasteiger partial charge is 0.464 e. The molecule has 0 unspecified atom stereocenters. The number of aryl methyl sites for hydroxylation is 1. The first-order chi connectivity index (χ1) is 12.6. The Morgan fingerprint density at radius 3 is 2.77 bits per heavy atom. The Hall–Kier alpha value is -3.15. The number of pyridine rings is 1. The van der Waals surface area contributed by atoms with Crippen molar-refractivity contribution in [2.24, 2.45) is 13.0 Å². The van der Waals surface area contributed by atoms with Crippen molar-refractivity contribution in [1.82, 2.24) is 9.55 Å². The van der Waals surface area contributed by atoms with Gasteiger partial charge in [-0.3, -0.25) is 9.78 Å². The number of carbonyl (C=O) groups is 2. The minimum atomic E-state index is -0.474. The van der Waals surface area contributed by atoms with E-state index in [0.29, 0.717) is 11.4 Å². The van der Waals surface area contributed by atoms with Crippen LogP contribution in [-0.4, -0.2) is 28.5 Å². The SMILES string of the molecule is COC(=O)c1c(NC(=O)[C@@H]2C[C@H]2c2cccnc2)c2ccccc2n1C. The van der Waals surface area contributed by atoms with E-state index < -0.39 is 5.97 Å². The van der Waals surface area contributed by atoms with Gasteiger partial charge in [-0.05, 0) is 30.0 Å². The number of nitrogens with zero attached hydrogens (tertiary/aromatic N) is 2. The topological polar surface area (TPSA) is 73.2 Å². The first-order valence-corrected chi connectivity index (χ1v) is 8.48. The van der Waals surface area contributed by atoms with Crippen LogP contribution in [0.2, 0.25) is 0 Å². The smallest absolute Gasteiger partial charge is 0.356 e. The third kappa shape index (κ3) is 2.63. The molecule has 1 N–H and O–H groups in total. The summed E-state index contributed by atoms with van der Waals surface area (Å²) in [6, 6.07) is 11.4. The summed E-state index contributed by atoms with van der Waals surface area (Å²) in [5.74, 6) is -0.483. The molecule has 1 aliphatic carbocycles. The molecule has 2 heterocycles. The summed E-state index contributed by atoms with van der Waals surface area (Å²) in [7, 11) is 3.13. The van der Waals surface area contributed by atoms with Gasteiger partial charge in [0.1, 0.15) is 0 Å². The average Bonchev–Trinajstić information content (AvgIpc) is 3.44. The highest BCUT2D eigenvalue weighted by Gasteiger charge is 2.44. The van der Waals surface area contributed by atoms with Crippen LogP contribution in [0.4, 0.5) is 5.69 Å². The predicted octanol–water partition coefficient (Wildman–Crippen LogP) is 3.10. The number of nitrogens with one attached hydrogen (secondary N) is 1. The number of anilines is 1. The summed E-state index contributed by atoms with van der Waals surface area (Å²) in [5, 5.41) is 3.79. The van der Waals surface area contributed by atoms with E-state index in [0.717, 1.165) is 22.9 Å². The van der Waals surface area contributed by atoms with Crippen molar-refractivity contribution in [2.75, 3.05) is 12.4 Å². The summed E-state index contributed by atoms with van der Waals surface area (Å²) in [4.78, 5) is 29.2. The van der Waals surface area contributed by atoms with Crippen LogP contribution in [0.5, 0.6) is 0 Å². The quantitative estimate of drug-likeness (QED) is 0.735. The monoisotopic (exact) mass is 349 g/mol. The molecule has 132 valence electrons. The lowest BCUT2D eigenvalue weighted by Crippen LogP contribution is -2.18. The van der Waals surface area contributed by atoms with Crippen LogP contribution in [0.1, 0.15) is 28.4 Å². The number of para-hydroxylation sites is 1. The Labute approximate surface area is 150 Å². The van der Waals surface area contributed by atoms with Crippen LogP contribution >= 0.6 is 0 Å². The van der Waals surface area contributed by atoms with Gasteiger partial charge < -0.3 is 14.6 Å². The van der Waals surface area contributed by atoms with E-state index >= 15 is 0 Å². The van der Waals surface area contributed by atoms with Crippen molar-refractivity contribution in [2.45, 2.75) is 12.3 Å². The van der Waals surface area contributed by atoms with Crippen LogP contribution in [-0.2, 0) is 16.6 Å². The van der Waals surface area contributed by atoms with Crippen LogP contribution in [0, 0.1) is 5.92 Å². The zero-order valence-corrected chi connectivity index (χ0v) is 14.6. The molecule has 3 aromatic rings. The molecule has 0 saturated heterocycles. The molecule has 1 aliphatic rings. The van der Waals surface area contributed by atoms with Gasteiger partial charge in [0.15, 0.2) is 5.69 Å². The molecule has 1 amide bonds. The number of fused-ring (bicyclic) bond motifs is 1. The molecule has 2 atom stereocenters. The molecular formula is C20H19N3O3. The number of hydrogen-bond donors (Lipinski definition) is 1. The molecule has 2 aromatic heterocycles. The van der Waals surface area contributed by atoms with Gasteiger partial charge in [-0.15, -0.1) is 0 Å². The summed E-state index contributed by atoms with van der Waals surface area (Å²) in [5.41, 5.74) is 2.79. The number of esters is 1. The fraction of sp³-hybridized carbons (Fsp3) is 0.250. The maximum absolute atomic E-state index is 12.8. The van der Waals surface area contributed by atoms with Gasteiger partial charge in [0, 0.05) is 30.7 Å². The van der Waals surface area contributed by atoms with Gasteiger partial charge in [-0.25, -0.2) is 4.79 Å². The third-order valence-electron chi connectivity index (χ3n) is 4.97. The molecule has 6 heteroatoms. The lowest BCUT2D eigenvalue weighted by Gasteiger charge is -2.08. The fourth-order valence-corrected chi connectivity index (χ4v) is 3.52. The zero-order valence-electron chi connectivity index (χ0n) is 14.6. The highest BCUT2D eigenvalue weighted by molar-refractivity contribution is 6.12. The van der Waals surface area contributed by atoms with Crippen LogP contribution < -0.4 is 5.32 Å². The second-order valence-corrected chi connectivity index (χ2v) is 6.52. The normalized spacial score (nSPS) is 18.5. The highest BCUT2D eigenvalue weighted by Crippen LogP contribution is 2.48. The van der Waals surface area contributed by atoms with Gasteiger partial charge in [-0.1, -0.05) is 24.3 Å². The second-order valence-electron chi connectivity index (χ2n) is 6.52. The Kier molecular flexibility index (Phi) is 3.95. The first kappa shape index (κ1) is 16.3. The standard InChI is InChI=1S/C20H19N3O3/c1-23-16-8-4-3-7-13(16)17(18(23)20(25)26-2)22-19(24)15-10-14(15)12-6-5-9-21-11-12/h3-9,11,14-15H,10H2,1-2H3,(H,22,24)/t14-,15+/m0/s1. The minimum absolute atomic E-state index is 0.0830. The summed E-state index contributed by atoms with van der Waals surface area (Å²) < 4.78 is 6.67. The Balaban J connectivity index is 1.65. The molecule has 6 nitrogen and oxygen atoms in total. The molecule has 4 rings (SSSR count).